The van der Waals surface area contributed by atoms with Crippen LogP contribution in [0.5, 0.6) is 0 Å². The molecule has 2 aromatic heterocycles. The average Bonchev–Trinajstić information content (AvgIpc) is 3.19. The number of pyridine rings is 1. The van der Waals surface area contributed by atoms with Crippen LogP contribution in [0.2, 0.25) is 0 Å². The SMILES string of the molecule is Cc1nc(-c2cccc(/C=C/c3ccccc3)n2)sc1C(=O)NCc1ccccc1. The molecule has 4 nitrogen and oxygen atoms in total. The fourth-order valence-corrected chi connectivity index (χ4v) is 3.94. The van der Waals surface area contributed by atoms with Crippen molar-refractivity contribution >= 4 is 29.4 Å². The number of aromatic nitrogens is 2. The predicted octanol–water partition coefficient (Wildman–Crippen LogP) is 5.61. The van der Waals surface area contributed by atoms with Crippen LogP contribution < -0.4 is 5.32 Å². The van der Waals surface area contributed by atoms with E-state index in [1.54, 1.807) is 0 Å². The van der Waals surface area contributed by atoms with Gasteiger partial charge in [-0.2, -0.15) is 0 Å². The largest absolute Gasteiger partial charge is 0.347 e. The molecular weight excluding hydrogens is 390 g/mol. The van der Waals surface area contributed by atoms with E-state index in [0.717, 1.165) is 27.5 Å². The summed E-state index contributed by atoms with van der Waals surface area (Å²) in [4.78, 5) is 22.5. The van der Waals surface area contributed by atoms with Crippen molar-refractivity contribution in [2.24, 2.45) is 0 Å². The van der Waals surface area contributed by atoms with Gasteiger partial charge in [-0.25, -0.2) is 9.97 Å². The van der Waals surface area contributed by atoms with Crippen molar-refractivity contribution in [2.75, 3.05) is 0 Å². The number of nitrogens with zero attached hydrogens (tertiary/aromatic N) is 2. The second-order valence-electron chi connectivity index (χ2n) is 6.79. The highest BCUT2D eigenvalue weighted by atomic mass is 32.1. The van der Waals surface area contributed by atoms with Gasteiger partial charge >= 0.3 is 0 Å². The highest BCUT2D eigenvalue weighted by Crippen LogP contribution is 2.27. The maximum atomic E-state index is 12.6. The fourth-order valence-electron chi connectivity index (χ4n) is 2.98. The van der Waals surface area contributed by atoms with Gasteiger partial charge in [-0.1, -0.05) is 72.8 Å². The summed E-state index contributed by atoms with van der Waals surface area (Å²) < 4.78 is 0. The molecule has 4 aromatic rings. The number of carbonyl (C=O) groups is 1. The average molecular weight is 412 g/mol. The molecular formula is C25H21N3OS. The molecule has 2 heterocycles. The predicted molar refractivity (Wildman–Crippen MR) is 123 cm³/mol. The quantitative estimate of drug-likeness (QED) is 0.448. The molecule has 2 aromatic carbocycles. The van der Waals surface area contributed by atoms with E-state index in [1.165, 1.54) is 11.3 Å². The fraction of sp³-hybridized carbons (Fsp3) is 0.0800. The number of carbonyl (C=O) groups excluding carboxylic acids is 1. The molecule has 0 aliphatic heterocycles. The van der Waals surface area contributed by atoms with Crippen LogP contribution in [0.15, 0.2) is 78.9 Å². The van der Waals surface area contributed by atoms with Crippen LogP contribution in [0, 0.1) is 6.92 Å². The Kier molecular flexibility index (Phi) is 6.11. The number of rotatable bonds is 6. The molecule has 0 fully saturated rings. The lowest BCUT2D eigenvalue weighted by molar-refractivity contribution is 0.0954. The van der Waals surface area contributed by atoms with E-state index >= 15 is 0 Å². The smallest absolute Gasteiger partial charge is 0.263 e. The van der Waals surface area contributed by atoms with Crippen molar-refractivity contribution in [3.8, 4) is 10.7 Å². The zero-order chi connectivity index (χ0) is 20.8. The topological polar surface area (TPSA) is 54.9 Å². The first kappa shape index (κ1) is 19.7. The minimum absolute atomic E-state index is 0.111. The Balaban J connectivity index is 1.50. The van der Waals surface area contributed by atoms with Crippen molar-refractivity contribution in [1.82, 2.24) is 15.3 Å². The Morgan fingerprint density at radius 2 is 1.63 bits per heavy atom. The molecule has 0 aliphatic carbocycles. The Bertz CT molecular complexity index is 1170. The van der Waals surface area contributed by atoms with Gasteiger partial charge in [0.2, 0.25) is 0 Å². The van der Waals surface area contributed by atoms with Gasteiger partial charge in [-0.15, -0.1) is 11.3 Å². The second-order valence-corrected chi connectivity index (χ2v) is 7.79. The molecule has 0 saturated carbocycles. The van der Waals surface area contributed by atoms with E-state index in [-0.39, 0.29) is 5.91 Å². The standard InChI is InChI=1S/C25H21N3OS/c1-18-23(24(29)26-17-20-11-6-3-7-12-20)30-25(27-18)22-14-8-13-21(28-22)16-15-19-9-4-2-5-10-19/h2-16H,17H2,1H3,(H,26,29)/b16-15+. The van der Waals surface area contributed by atoms with Crippen molar-refractivity contribution < 1.29 is 4.79 Å². The van der Waals surface area contributed by atoms with Crippen molar-refractivity contribution in [1.29, 1.82) is 0 Å². The third-order valence-electron chi connectivity index (χ3n) is 4.53. The van der Waals surface area contributed by atoms with Gasteiger partial charge in [-0.3, -0.25) is 4.79 Å². The molecule has 0 radical (unpaired) electrons. The van der Waals surface area contributed by atoms with E-state index < -0.39 is 0 Å². The summed E-state index contributed by atoms with van der Waals surface area (Å²) in [5.74, 6) is -0.111. The lowest BCUT2D eigenvalue weighted by Gasteiger charge is -2.03. The summed E-state index contributed by atoms with van der Waals surface area (Å²) in [5.41, 5.74) is 4.51. The summed E-state index contributed by atoms with van der Waals surface area (Å²) in [6.07, 6.45) is 4.01. The van der Waals surface area contributed by atoms with E-state index in [1.807, 2.05) is 97.9 Å². The molecule has 1 N–H and O–H groups in total. The van der Waals surface area contributed by atoms with Gasteiger partial charge in [-0.05, 0) is 36.3 Å². The summed E-state index contributed by atoms with van der Waals surface area (Å²) in [5, 5.41) is 3.71. The van der Waals surface area contributed by atoms with Crippen LogP contribution in [0.1, 0.15) is 32.2 Å². The summed E-state index contributed by atoms with van der Waals surface area (Å²) >= 11 is 1.37. The Labute approximate surface area is 180 Å². The zero-order valence-electron chi connectivity index (χ0n) is 16.6. The molecule has 1 amide bonds. The number of aryl methyl sites for hydroxylation is 1. The molecule has 0 bridgehead atoms. The van der Waals surface area contributed by atoms with Crippen LogP contribution in [0.25, 0.3) is 22.9 Å². The normalized spacial score (nSPS) is 11.0. The van der Waals surface area contributed by atoms with Crippen LogP contribution in [-0.4, -0.2) is 15.9 Å². The number of amides is 1. The molecule has 0 saturated heterocycles. The van der Waals surface area contributed by atoms with Gasteiger partial charge in [0.1, 0.15) is 9.88 Å². The first-order chi connectivity index (χ1) is 14.7. The molecule has 5 heteroatoms. The summed E-state index contributed by atoms with van der Waals surface area (Å²) in [6.45, 7) is 2.35. The van der Waals surface area contributed by atoms with Gasteiger partial charge in [0.25, 0.3) is 5.91 Å². The second kappa shape index (κ2) is 9.29. The highest BCUT2D eigenvalue weighted by molar-refractivity contribution is 7.17. The van der Waals surface area contributed by atoms with Crippen molar-refractivity contribution in [3.05, 3.63) is 106 Å². The number of benzene rings is 2. The number of nitrogens with one attached hydrogen (secondary N) is 1. The Morgan fingerprint density at radius 1 is 0.900 bits per heavy atom. The molecule has 0 unspecified atom stereocenters. The van der Waals surface area contributed by atoms with Crippen LogP contribution >= 0.6 is 11.3 Å². The van der Waals surface area contributed by atoms with Crippen LogP contribution in [0.4, 0.5) is 0 Å². The van der Waals surface area contributed by atoms with Crippen molar-refractivity contribution in [2.45, 2.75) is 13.5 Å². The maximum absolute atomic E-state index is 12.6. The molecule has 30 heavy (non-hydrogen) atoms. The first-order valence-corrected chi connectivity index (χ1v) is 10.5. The molecule has 4 rings (SSSR count). The Hall–Kier alpha value is -3.57. The molecule has 0 spiro atoms. The van der Waals surface area contributed by atoms with E-state index in [9.17, 15) is 4.79 Å². The lowest BCUT2D eigenvalue weighted by atomic mass is 10.2. The zero-order valence-corrected chi connectivity index (χ0v) is 17.4. The molecule has 148 valence electrons. The minimum atomic E-state index is -0.111. The number of thiazole rings is 1. The molecule has 0 atom stereocenters. The number of hydrogen-bond acceptors (Lipinski definition) is 4. The summed E-state index contributed by atoms with van der Waals surface area (Å²) in [7, 11) is 0. The maximum Gasteiger partial charge on any atom is 0.263 e. The van der Waals surface area contributed by atoms with Gasteiger partial charge in [0.15, 0.2) is 0 Å². The van der Waals surface area contributed by atoms with Crippen molar-refractivity contribution in [3.63, 3.8) is 0 Å². The van der Waals surface area contributed by atoms with Crippen LogP contribution in [0.3, 0.4) is 0 Å². The van der Waals surface area contributed by atoms with Gasteiger partial charge < -0.3 is 5.32 Å². The number of hydrogen-bond donors (Lipinski definition) is 1. The van der Waals surface area contributed by atoms with Crippen LogP contribution in [-0.2, 0) is 6.54 Å². The minimum Gasteiger partial charge on any atom is -0.347 e. The summed E-state index contributed by atoms with van der Waals surface area (Å²) in [6, 6.07) is 25.8. The van der Waals surface area contributed by atoms with Gasteiger partial charge in [0, 0.05) is 6.54 Å². The van der Waals surface area contributed by atoms with E-state index in [4.69, 9.17) is 4.98 Å². The monoisotopic (exact) mass is 411 g/mol. The van der Waals surface area contributed by atoms with Gasteiger partial charge in [0.05, 0.1) is 17.1 Å². The van der Waals surface area contributed by atoms with E-state index in [2.05, 4.69) is 10.3 Å². The van der Waals surface area contributed by atoms with E-state index in [0.29, 0.717) is 17.1 Å². The molecule has 0 aliphatic rings. The first-order valence-electron chi connectivity index (χ1n) is 9.69. The Morgan fingerprint density at radius 3 is 2.40 bits per heavy atom. The third-order valence-corrected chi connectivity index (χ3v) is 5.71. The lowest BCUT2D eigenvalue weighted by Crippen LogP contribution is -2.22. The highest BCUT2D eigenvalue weighted by Gasteiger charge is 2.16. The third kappa shape index (κ3) is 4.88.